The first kappa shape index (κ1) is 33.8. The second-order valence-electron chi connectivity index (χ2n) is 15.2. The molecule has 0 spiro atoms. The molecule has 1 aliphatic carbocycles. The van der Waals surface area contributed by atoms with Crippen molar-refractivity contribution >= 4 is 38.6 Å². The van der Waals surface area contributed by atoms with Gasteiger partial charge in [0.25, 0.3) is 0 Å². The van der Waals surface area contributed by atoms with Gasteiger partial charge in [0.2, 0.25) is 0 Å². The second-order valence-corrected chi connectivity index (χ2v) is 15.2. The number of para-hydroxylation sites is 1. The van der Waals surface area contributed by atoms with Crippen molar-refractivity contribution in [3.8, 4) is 33.4 Å². The average molecular weight is 738 g/mol. The third-order valence-corrected chi connectivity index (χ3v) is 12.1. The van der Waals surface area contributed by atoms with E-state index in [2.05, 4.69) is 241 Å². The van der Waals surface area contributed by atoms with Gasteiger partial charge in [-0.05, 0) is 102 Å². The summed E-state index contributed by atoms with van der Waals surface area (Å²) in [5, 5.41) is 4.89. The minimum absolute atomic E-state index is 0.515. The molecule has 11 rings (SSSR count). The van der Waals surface area contributed by atoms with Gasteiger partial charge in [0, 0.05) is 16.9 Å². The van der Waals surface area contributed by atoms with E-state index in [0.29, 0.717) is 0 Å². The molecular formula is C57H39N. The number of nitrogens with zero attached hydrogens (tertiary/aromatic N) is 1. The first-order valence-corrected chi connectivity index (χ1v) is 20.1. The van der Waals surface area contributed by atoms with Crippen LogP contribution in [0.5, 0.6) is 0 Å². The van der Waals surface area contributed by atoms with E-state index in [9.17, 15) is 0 Å². The average Bonchev–Trinajstić information content (AvgIpc) is 3.61. The van der Waals surface area contributed by atoms with Gasteiger partial charge >= 0.3 is 0 Å². The number of rotatable bonds is 7. The molecule has 1 nitrogen and oxygen atoms in total. The quantitative estimate of drug-likeness (QED) is 0.157. The maximum atomic E-state index is 2.47. The molecule has 0 atom stereocenters. The van der Waals surface area contributed by atoms with Gasteiger partial charge in [0.15, 0.2) is 0 Å². The maximum absolute atomic E-state index is 2.47. The summed E-state index contributed by atoms with van der Waals surface area (Å²) in [6.07, 6.45) is 0. The van der Waals surface area contributed by atoms with E-state index in [1.54, 1.807) is 0 Å². The van der Waals surface area contributed by atoms with E-state index in [-0.39, 0.29) is 0 Å². The van der Waals surface area contributed by atoms with Gasteiger partial charge in [0.1, 0.15) is 0 Å². The largest absolute Gasteiger partial charge is 0.310 e. The predicted octanol–water partition coefficient (Wildman–Crippen LogP) is 15.2. The standard InChI is InChI=1S/C57H39N/c1-3-19-41(20-4-1)48-31-15-22-42-23-16-32-52(56(42)48)51-30-11-14-35-55(51)58(47-37-36-40-18-7-8-21-43(40)38-47)46-27-17-26-45(39-46)57(44-24-5-2-6-25-44)53-33-12-9-28-49(53)50-29-10-13-34-54(50)57/h1-39H. The molecule has 10 aromatic carbocycles. The third-order valence-electron chi connectivity index (χ3n) is 12.1. The lowest BCUT2D eigenvalue weighted by molar-refractivity contribution is 0.768. The lowest BCUT2D eigenvalue weighted by atomic mass is 9.67. The van der Waals surface area contributed by atoms with Gasteiger partial charge in [-0.2, -0.15) is 0 Å². The number of benzene rings is 10. The highest BCUT2D eigenvalue weighted by Crippen LogP contribution is 2.57. The SMILES string of the molecule is c1ccc(-c2cccc3cccc(-c4ccccc4N(c4cccc(C5(c6ccccc6)c6ccccc6-c6ccccc65)c4)c4ccc5ccccc5c4)c23)cc1. The first-order chi connectivity index (χ1) is 28.8. The van der Waals surface area contributed by atoms with Crippen LogP contribution >= 0.6 is 0 Å². The summed E-state index contributed by atoms with van der Waals surface area (Å²) in [6, 6.07) is 86.9. The predicted molar refractivity (Wildman–Crippen MR) is 244 cm³/mol. The van der Waals surface area contributed by atoms with Crippen molar-refractivity contribution in [2.24, 2.45) is 0 Å². The monoisotopic (exact) mass is 737 g/mol. The van der Waals surface area contributed by atoms with Crippen LogP contribution in [0.25, 0.3) is 54.9 Å². The van der Waals surface area contributed by atoms with Crippen molar-refractivity contribution in [2.45, 2.75) is 5.41 Å². The Labute approximate surface area is 339 Å². The third kappa shape index (κ3) is 5.32. The van der Waals surface area contributed by atoms with Crippen molar-refractivity contribution in [3.05, 3.63) is 259 Å². The lowest BCUT2D eigenvalue weighted by Gasteiger charge is -2.35. The fourth-order valence-corrected chi connectivity index (χ4v) is 9.65. The van der Waals surface area contributed by atoms with Crippen molar-refractivity contribution < 1.29 is 0 Å². The van der Waals surface area contributed by atoms with E-state index >= 15 is 0 Å². The topological polar surface area (TPSA) is 3.24 Å². The fourth-order valence-electron chi connectivity index (χ4n) is 9.65. The Balaban J connectivity index is 1.19. The van der Waals surface area contributed by atoms with E-state index in [1.807, 2.05) is 0 Å². The summed E-state index contributed by atoms with van der Waals surface area (Å²) in [7, 11) is 0. The minimum Gasteiger partial charge on any atom is -0.310 e. The highest BCUT2D eigenvalue weighted by Gasteiger charge is 2.46. The second kappa shape index (κ2) is 13.9. The smallest absolute Gasteiger partial charge is 0.0714 e. The molecule has 0 fully saturated rings. The molecular weight excluding hydrogens is 699 g/mol. The molecule has 0 radical (unpaired) electrons. The van der Waals surface area contributed by atoms with Crippen LogP contribution in [0.1, 0.15) is 22.3 Å². The van der Waals surface area contributed by atoms with Crippen molar-refractivity contribution in [1.82, 2.24) is 0 Å². The summed E-state index contributed by atoms with van der Waals surface area (Å²) >= 11 is 0. The maximum Gasteiger partial charge on any atom is 0.0714 e. The zero-order valence-electron chi connectivity index (χ0n) is 32.0. The van der Waals surface area contributed by atoms with Crippen LogP contribution in [0.3, 0.4) is 0 Å². The van der Waals surface area contributed by atoms with Crippen molar-refractivity contribution in [1.29, 1.82) is 0 Å². The highest BCUT2D eigenvalue weighted by molar-refractivity contribution is 6.09. The molecule has 272 valence electrons. The van der Waals surface area contributed by atoms with E-state index in [0.717, 1.165) is 17.1 Å². The van der Waals surface area contributed by atoms with E-state index in [1.165, 1.54) is 77.2 Å². The zero-order chi connectivity index (χ0) is 38.5. The Morgan fingerprint density at radius 1 is 0.293 bits per heavy atom. The Bertz CT molecular complexity index is 3070. The number of anilines is 3. The lowest BCUT2D eigenvalue weighted by Crippen LogP contribution is -2.28. The molecule has 0 N–H and O–H groups in total. The Morgan fingerprint density at radius 3 is 1.55 bits per heavy atom. The van der Waals surface area contributed by atoms with Gasteiger partial charge in [-0.3, -0.25) is 0 Å². The van der Waals surface area contributed by atoms with Crippen LogP contribution in [-0.4, -0.2) is 0 Å². The van der Waals surface area contributed by atoms with E-state index < -0.39 is 5.41 Å². The summed E-state index contributed by atoms with van der Waals surface area (Å²) < 4.78 is 0. The number of hydrogen-bond acceptors (Lipinski definition) is 1. The molecule has 0 unspecified atom stereocenters. The highest BCUT2D eigenvalue weighted by atomic mass is 15.1. The van der Waals surface area contributed by atoms with Crippen LogP contribution in [-0.2, 0) is 5.41 Å². The van der Waals surface area contributed by atoms with Crippen LogP contribution in [0.4, 0.5) is 17.1 Å². The normalized spacial score (nSPS) is 12.6. The van der Waals surface area contributed by atoms with Crippen molar-refractivity contribution in [2.75, 3.05) is 4.90 Å². The molecule has 58 heavy (non-hydrogen) atoms. The number of hydrogen-bond donors (Lipinski definition) is 0. The van der Waals surface area contributed by atoms with Gasteiger partial charge in [-0.25, -0.2) is 0 Å². The molecule has 0 saturated heterocycles. The van der Waals surface area contributed by atoms with Crippen LogP contribution in [0, 0.1) is 0 Å². The molecule has 0 aliphatic heterocycles. The fraction of sp³-hybridized carbons (Fsp3) is 0.0175. The molecule has 0 amide bonds. The molecule has 10 aromatic rings. The Morgan fingerprint density at radius 2 is 0.810 bits per heavy atom. The molecule has 0 saturated carbocycles. The summed E-state index contributed by atoms with van der Waals surface area (Å²) in [6.45, 7) is 0. The molecule has 0 bridgehead atoms. The summed E-state index contributed by atoms with van der Waals surface area (Å²) in [5.41, 5.74) is 15.3. The van der Waals surface area contributed by atoms with Gasteiger partial charge < -0.3 is 4.90 Å². The number of fused-ring (bicyclic) bond motifs is 5. The Kier molecular flexibility index (Phi) is 8.12. The van der Waals surface area contributed by atoms with Crippen LogP contribution < -0.4 is 4.90 Å². The summed E-state index contributed by atoms with van der Waals surface area (Å²) in [4.78, 5) is 2.47. The summed E-state index contributed by atoms with van der Waals surface area (Å²) in [5.74, 6) is 0. The van der Waals surface area contributed by atoms with Crippen molar-refractivity contribution in [3.63, 3.8) is 0 Å². The van der Waals surface area contributed by atoms with Crippen LogP contribution in [0.15, 0.2) is 237 Å². The van der Waals surface area contributed by atoms with Gasteiger partial charge in [-0.1, -0.05) is 206 Å². The molecule has 0 aromatic heterocycles. The Hall–Kier alpha value is -7.48. The van der Waals surface area contributed by atoms with Gasteiger partial charge in [0.05, 0.1) is 11.1 Å². The minimum atomic E-state index is -0.515. The van der Waals surface area contributed by atoms with Crippen LogP contribution in [0.2, 0.25) is 0 Å². The van der Waals surface area contributed by atoms with E-state index in [4.69, 9.17) is 0 Å². The molecule has 1 aliphatic rings. The molecule has 0 heterocycles. The zero-order valence-corrected chi connectivity index (χ0v) is 32.0. The first-order valence-electron chi connectivity index (χ1n) is 20.1. The van der Waals surface area contributed by atoms with Gasteiger partial charge in [-0.15, -0.1) is 0 Å². The molecule has 1 heteroatoms.